The second-order valence-corrected chi connectivity index (χ2v) is 10.1. The summed E-state index contributed by atoms with van der Waals surface area (Å²) in [5.74, 6) is -0.758. The van der Waals surface area contributed by atoms with Crippen molar-refractivity contribution < 1.29 is 70.9 Å². The number of aliphatic imine (C=N–C) groups is 2. The van der Waals surface area contributed by atoms with Crippen LogP contribution in [-0.4, -0.2) is 119 Å². The van der Waals surface area contributed by atoms with Crippen LogP contribution in [0.25, 0.3) is 0 Å². The number of nitrogens with two attached hydrogens (primary N) is 4. The summed E-state index contributed by atoms with van der Waals surface area (Å²) in [5, 5.41) is 26.6. The number of carbonyl (C=O) groups is 2. The summed E-state index contributed by atoms with van der Waals surface area (Å²) in [4.78, 5) is 31.6. The van der Waals surface area contributed by atoms with Crippen LogP contribution < -0.4 is 41.9 Å². The number of carbonyl (C=O) groups excluding carboxylic acids is 2. The first kappa shape index (κ1) is 47.7. The number of phenols is 2. The van der Waals surface area contributed by atoms with Crippen molar-refractivity contribution in [2.24, 2.45) is 32.9 Å². The molecule has 22 heteroatoms. The molecule has 2 rings (SSSR count). The highest BCUT2D eigenvalue weighted by Gasteiger charge is 2.17. The quantitative estimate of drug-likeness (QED) is 0.0363. The van der Waals surface area contributed by atoms with Gasteiger partial charge in [0.25, 0.3) is 0 Å². The minimum atomic E-state index is -4.67. The maximum atomic E-state index is 12.0. The Morgan fingerprint density at radius 2 is 0.863 bits per heavy atom. The molecule has 290 valence electrons. The number of aromatic hydroxyl groups is 2. The van der Waals surface area contributed by atoms with Gasteiger partial charge in [-0.2, -0.15) is 8.42 Å². The van der Waals surface area contributed by atoms with Gasteiger partial charge in [-0.15, -0.1) is 0 Å². The molecule has 0 fully saturated rings. The van der Waals surface area contributed by atoms with Crippen LogP contribution in [0.4, 0.5) is 0 Å². The minimum absolute atomic E-state index is 0.0419. The zero-order valence-electron chi connectivity index (χ0n) is 28.9. The number of ether oxygens (including phenoxy) is 6. The van der Waals surface area contributed by atoms with Gasteiger partial charge in [0.05, 0.1) is 52.8 Å². The van der Waals surface area contributed by atoms with Crippen LogP contribution in [0.15, 0.2) is 34.3 Å². The molecule has 0 aliphatic rings. The smallest absolute Gasteiger partial charge is 0.394 e. The van der Waals surface area contributed by atoms with Gasteiger partial charge < -0.3 is 66.7 Å². The first-order valence-electron chi connectivity index (χ1n) is 14.5. The summed E-state index contributed by atoms with van der Waals surface area (Å²) in [7, 11) is 1.86. The van der Waals surface area contributed by atoms with Crippen molar-refractivity contribution in [3.8, 4) is 34.5 Å². The van der Waals surface area contributed by atoms with Gasteiger partial charge in [0.2, 0.25) is 11.5 Å². The number of aliphatic hydroxyl groups is 1. The van der Waals surface area contributed by atoms with E-state index >= 15 is 0 Å². The van der Waals surface area contributed by atoms with E-state index in [1.807, 2.05) is 0 Å². The summed E-state index contributed by atoms with van der Waals surface area (Å²) in [5.41, 5.74) is 21.3. The van der Waals surface area contributed by atoms with Crippen LogP contribution in [0, 0.1) is 0 Å². The van der Waals surface area contributed by atoms with Crippen molar-refractivity contribution in [3.05, 3.63) is 35.4 Å². The zero-order chi connectivity index (χ0) is 39.6. The Bertz CT molecular complexity index is 1360. The lowest BCUT2D eigenvalue weighted by Gasteiger charge is -2.11. The number of hydrogen-bond acceptors (Lipinski definition) is 15. The molecule has 0 bridgehead atoms. The number of aliphatic hydroxyl groups excluding tert-OH is 1. The topological polar surface area (TPSA) is 354 Å². The third-order valence-corrected chi connectivity index (χ3v) is 5.59. The van der Waals surface area contributed by atoms with Gasteiger partial charge in [0.1, 0.15) is 0 Å². The third-order valence-electron chi connectivity index (χ3n) is 5.59. The monoisotopic (exact) mass is 752 g/mol. The van der Waals surface area contributed by atoms with E-state index in [1.165, 1.54) is 52.7 Å². The molecule has 2 aromatic rings. The predicted octanol–water partition coefficient (Wildman–Crippen LogP) is 0.195. The van der Waals surface area contributed by atoms with Crippen molar-refractivity contribution in [1.29, 1.82) is 0 Å². The van der Waals surface area contributed by atoms with E-state index in [9.17, 15) is 19.8 Å². The highest BCUT2D eigenvalue weighted by molar-refractivity contribution is 7.79. The van der Waals surface area contributed by atoms with Crippen molar-refractivity contribution in [3.63, 3.8) is 0 Å². The van der Waals surface area contributed by atoms with Gasteiger partial charge in [-0.25, -0.2) is 9.59 Å². The van der Waals surface area contributed by atoms with E-state index in [4.69, 9.17) is 74.0 Å². The van der Waals surface area contributed by atoms with Gasteiger partial charge in [-0.1, -0.05) is 0 Å². The molecule has 21 nitrogen and oxygen atoms in total. The molecule has 0 aromatic heterocycles. The molecule has 0 unspecified atom stereocenters. The number of hydrogen-bond donors (Lipinski definition) is 9. The molecular weight excluding hydrogens is 704 g/mol. The first-order valence-corrected chi connectivity index (χ1v) is 15.9. The van der Waals surface area contributed by atoms with Crippen molar-refractivity contribution in [2.75, 3.05) is 61.9 Å². The van der Waals surface area contributed by atoms with Crippen molar-refractivity contribution in [1.82, 2.24) is 0 Å². The Hall–Kier alpha value is -5.45. The number of rotatable bonds is 16. The fourth-order valence-electron chi connectivity index (χ4n) is 3.36. The number of nitrogens with zero attached hydrogens (tertiary/aromatic N) is 2. The van der Waals surface area contributed by atoms with Crippen LogP contribution in [0.2, 0.25) is 0 Å². The average Bonchev–Trinajstić information content (AvgIpc) is 3.08. The lowest BCUT2D eigenvalue weighted by Crippen LogP contribution is -2.23. The summed E-state index contributed by atoms with van der Waals surface area (Å²) >= 11 is 0. The highest BCUT2D eigenvalue weighted by Crippen LogP contribution is 2.38. The summed E-state index contributed by atoms with van der Waals surface area (Å²) < 4.78 is 61.8. The second kappa shape index (κ2) is 26.4. The molecule has 0 aliphatic heterocycles. The zero-order valence-corrected chi connectivity index (χ0v) is 29.7. The summed E-state index contributed by atoms with van der Waals surface area (Å²) in [6.07, 6.45) is 2.67. The van der Waals surface area contributed by atoms with E-state index < -0.39 is 22.3 Å². The van der Waals surface area contributed by atoms with Crippen LogP contribution in [0.1, 0.15) is 46.4 Å². The number of methoxy groups -OCH3 is 4. The Morgan fingerprint density at radius 3 is 1.08 bits per heavy atom. The normalized spacial score (nSPS) is 9.80. The first-order chi connectivity index (χ1) is 24.0. The molecular formula is C29H48N6O15S. The van der Waals surface area contributed by atoms with Gasteiger partial charge in [-0.3, -0.25) is 19.1 Å². The predicted molar refractivity (Wildman–Crippen MR) is 185 cm³/mol. The van der Waals surface area contributed by atoms with E-state index in [-0.39, 0.29) is 70.8 Å². The Morgan fingerprint density at radius 1 is 0.608 bits per heavy atom. The summed E-state index contributed by atoms with van der Waals surface area (Å²) in [6, 6.07) is 5.55. The SMILES string of the molecule is CO.COc1cc(C(=O)OCCCCN=C(N)N)cc(OC)c1O.COc1cc(C(=O)OCCCCN=C(N)N)cc(OC)c1O.O=S(=O)(O)O. The lowest BCUT2D eigenvalue weighted by molar-refractivity contribution is 0.0489. The van der Waals surface area contributed by atoms with Gasteiger partial charge in [-0.05, 0) is 49.9 Å². The molecule has 0 atom stereocenters. The molecule has 0 heterocycles. The van der Waals surface area contributed by atoms with Crippen molar-refractivity contribution >= 4 is 34.3 Å². The Labute approximate surface area is 295 Å². The van der Waals surface area contributed by atoms with Crippen LogP contribution in [-0.2, 0) is 19.9 Å². The van der Waals surface area contributed by atoms with E-state index in [1.54, 1.807) is 0 Å². The van der Waals surface area contributed by atoms with Crippen LogP contribution in [0.3, 0.4) is 0 Å². The molecule has 0 radical (unpaired) electrons. The van der Waals surface area contributed by atoms with Gasteiger partial charge in [0, 0.05) is 20.2 Å². The second-order valence-electron chi connectivity index (χ2n) is 9.21. The largest absolute Gasteiger partial charge is 0.502 e. The average molecular weight is 753 g/mol. The third kappa shape index (κ3) is 22.0. The maximum absolute atomic E-state index is 12.0. The number of esters is 2. The molecule has 0 spiro atoms. The molecule has 2 aromatic carbocycles. The highest BCUT2D eigenvalue weighted by atomic mass is 32.3. The van der Waals surface area contributed by atoms with Gasteiger partial charge in [0.15, 0.2) is 34.9 Å². The molecule has 0 saturated heterocycles. The Kier molecular flexibility index (Phi) is 24.7. The van der Waals surface area contributed by atoms with Crippen LogP contribution >= 0.6 is 0 Å². The van der Waals surface area contributed by atoms with E-state index in [0.717, 1.165) is 7.11 Å². The standard InChI is InChI=1S/2C14H21N3O5.CH4O.H2O4S/c2*1-20-10-7-9(8-11(21-2)12(10)18)13(19)22-6-4-3-5-17-14(15)16;1-2;1-5(2,3)4/h2*7-8,18H,3-6H2,1-2H3,(H4,15,16,17);2H,1H3;(H2,1,2,3,4). The molecule has 0 aliphatic carbocycles. The van der Waals surface area contributed by atoms with Crippen LogP contribution in [0.5, 0.6) is 34.5 Å². The maximum Gasteiger partial charge on any atom is 0.394 e. The minimum Gasteiger partial charge on any atom is -0.502 e. The number of benzene rings is 2. The van der Waals surface area contributed by atoms with E-state index in [2.05, 4.69) is 9.98 Å². The number of unbranched alkanes of at least 4 members (excludes halogenated alkanes) is 2. The Balaban J connectivity index is 0. The molecule has 0 amide bonds. The molecule has 13 N–H and O–H groups in total. The van der Waals surface area contributed by atoms with Crippen molar-refractivity contribution in [2.45, 2.75) is 25.7 Å². The fourth-order valence-corrected chi connectivity index (χ4v) is 3.36. The fraction of sp³-hybridized carbons (Fsp3) is 0.448. The number of guanidine groups is 2. The summed E-state index contributed by atoms with van der Waals surface area (Å²) in [6.45, 7) is 1.45. The number of phenolic OH excluding ortho intramolecular Hbond substituents is 2. The lowest BCUT2D eigenvalue weighted by atomic mass is 10.2. The van der Waals surface area contributed by atoms with E-state index in [0.29, 0.717) is 38.8 Å². The molecule has 0 saturated carbocycles. The molecule has 51 heavy (non-hydrogen) atoms. The van der Waals surface area contributed by atoms with Gasteiger partial charge >= 0.3 is 22.3 Å².